The van der Waals surface area contributed by atoms with E-state index < -0.39 is 0 Å². The minimum Gasteiger partial charge on any atom is -0.334 e. The molecule has 2 aliphatic rings. The van der Waals surface area contributed by atoms with Gasteiger partial charge in [-0.15, -0.1) is 24.8 Å². The van der Waals surface area contributed by atoms with Crippen LogP contribution in [0.4, 0.5) is 0 Å². The number of hydrogen-bond acceptors (Lipinski definition) is 4. The minimum absolute atomic E-state index is 0. The number of likely N-dealkylation sites (N-methyl/N-ethyl adjacent to an activating group) is 1. The zero-order valence-electron chi connectivity index (χ0n) is 16.5. The number of nitrogens with zero attached hydrogens (tertiary/aromatic N) is 3. The van der Waals surface area contributed by atoms with Crippen molar-refractivity contribution in [2.45, 2.75) is 32.4 Å². The third kappa shape index (κ3) is 6.61. The highest BCUT2D eigenvalue weighted by Crippen LogP contribution is 2.16. The number of amides is 1. The van der Waals surface area contributed by atoms with Gasteiger partial charge < -0.3 is 15.1 Å². The molecular weight excluding hydrogens is 383 g/mol. The van der Waals surface area contributed by atoms with Gasteiger partial charge in [0, 0.05) is 57.4 Å². The van der Waals surface area contributed by atoms with Crippen LogP contribution >= 0.6 is 24.8 Å². The molecule has 2 aliphatic heterocycles. The lowest BCUT2D eigenvalue weighted by Gasteiger charge is -2.32. The number of benzene rings is 1. The molecule has 0 aromatic heterocycles. The number of hydrogen-bond donors (Lipinski definition) is 1. The normalized spacial score (nSPS) is 20.6. The Labute approximate surface area is 176 Å². The molecule has 0 radical (unpaired) electrons. The molecule has 0 saturated carbocycles. The van der Waals surface area contributed by atoms with Crippen LogP contribution in [0.25, 0.3) is 0 Å². The summed E-state index contributed by atoms with van der Waals surface area (Å²) in [6, 6.07) is 8.60. The first-order valence-corrected chi connectivity index (χ1v) is 9.69. The molecule has 1 atom stereocenters. The number of halogens is 2. The Morgan fingerprint density at radius 3 is 2.59 bits per heavy atom. The first-order valence-electron chi connectivity index (χ1n) is 9.69. The van der Waals surface area contributed by atoms with Crippen LogP contribution in [0.15, 0.2) is 24.3 Å². The monoisotopic (exact) mass is 416 g/mol. The third-order valence-electron chi connectivity index (χ3n) is 5.38. The Bertz CT molecular complexity index is 573. The van der Waals surface area contributed by atoms with E-state index in [0.29, 0.717) is 6.04 Å². The smallest absolute Gasteiger partial charge is 0.254 e. The number of carbonyl (C=O) groups is 1. The quantitative estimate of drug-likeness (QED) is 0.772. The van der Waals surface area contributed by atoms with Crippen molar-refractivity contribution in [2.75, 3.05) is 52.9 Å². The number of carbonyl (C=O) groups excluding carboxylic acids is 1. The molecule has 5 nitrogen and oxygen atoms in total. The van der Waals surface area contributed by atoms with Crippen molar-refractivity contribution >= 4 is 30.7 Å². The minimum atomic E-state index is 0. The average molecular weight is 417 g/mol. The van der Waals surface area contributed by atoms with E-state index >= 15 is 0 Å². The summed E-state index contributed by atoms with van der Waals surface area (Å²) in [7, 11) is 2.18. The fourth-order valence-corrected chi connectivity index (χ4v) is 3.83. The van der Waals surface area contributed by atoms with Crippen LogP contribution in [0.2, 0.25) is 0 Å². The predicted molar refractivity (Wildman–Crippen MR) is 116 cm³/mol. The maximum Gasteiger partial charge on any atom is 0.254 e. The van der Waals surface area contributed by atoms with Gasteiger partial charge in [-0.1, -0.05) is 19.1 Å². The lowest BCUT2D eigenvalue weighted by atomic mass is 10.1. The van der Waals surface area contributed by atoms with Crippen LogP contribution in [0.3, 0.4) is 0 Å². The second-order valence-corrected chi connectivity index (χ2v) is 7.42. The highest BCUT2D eigenvalue weighted by molar-refractivity contribution is 5.94. The van der Waals surface area contributed by atoms with Gasteiger partial charge >= 0.3 is 0 Å². The molecule has 27 heavy (non-hydrogen) atoms. The molecule has 2 fully saturated rings. The van der Waals surface area contributed by atoms with E-state index in [2.05, 4.69) is 46.1 Å². The first-order chi connectivity index (χ1) is 12.2. The molecule has 2 saturated heterocycles. The van der Waals surface area contributed by atoms with Crippen LogP contribution in [0.5, 0.6) is 0 Å². The second kappa shape index (κ2) is 11.9. The predicted octanol–water partition coefficient (Wildman–Crippen LogP) is 2.49. The summed E-state index contributed by atoms with van der Waals surface area (Å²) in [5.74, 6) is 0.191. The van der Waals surface area contributed by atoms with Crippen LogP contribution < -0.4 is 5.32 Å². The largest absolute Gasteiger partial charge is 0.334 e. The number of nitrogens with one attached hydrogen (secondary N) is 1. The summed E-state index contributed by atoms with van der Waals surface area (Å²) in [6.45, 7) is 10.3. The van der Waals surface area contributed by atoms with Crippen LogP contribution in [-0.4, -0.2) is 79.5 Å². The van der Waals surface area contributed by atoms with Gasteiger partial charge in [-0.05, 0) is 44.1 Å². The lowest BCUT2D eigenvalue weighted by Crippen LogP contribution is -2.44. The van der Waals surface area contributed by atoms with Crippen LogP contribution in [-0.2, 0) is 6.54 Å². The first kappa shape index (κ1) is 24.2. The molecule has 0 bridgehead atoms. The molecule has 1 N–H and O–H groups in total. The zero-order valence-corrected chi connectivity index (χ0v) is 18.2. The molecule has 1 unspecified atom stereocenters. The summed E-state index contributed by atoms with van der Waals surface area (Å²) in [6.07, 6.45) is 2.07. The molecule has 1 aromatic carbocycles. The molecule has 7 heteroatoms. The van der Waals surface area contributed by atoms with Crippen molar-refractivity contribution in [1.29, 1.82) is 0 Å². The van der Waals surface area contributed by atoms with Crippen molar-refractivity contribution in [1.82, 2.24) is 20.0 Å². The SMILES string of the molecule is CCCN(C(=O)c1cccc(CN2CCN(C)CC2)c1)C1CCNC1.Cl.Cl. The molecule has 1 amide bonds. The van der Waals surface area contributed by atoms with Crippen molar-refractivity contribution < 1.29 is 4.79 Å². The van der Waals surface area contributed by atoms with Crippen molar-refractivity contribution in [3.63, 3.8) is 0 Å². The molecule has 2 heterocycles. The Morgan fingerprint density at radius 1 is 1.22 bits per heavy atom. The molecule has 3 rings (SSSR count). The van der Waals surface area contributed by atoms with E-state index in [-0.39, 0.29) is 30.7 Å². The van der Waals surface area contributed by atoms with Crippen molar-refractivity contribution in [3.8, 4) is 0 Å². The van der Waals surface area contributed by atoms with Gasteiger partial charge in [0.05, 0.1) is 0 Å². The van der Waals surface area contributed by atoms with E-state index in [0.717, 1.165) is 70.8 Å². The van der Waals surface area contributed by atoms with E-state index in [1.54, 1.807) is 0 Å². The van der Waals surface area contributed by atoms with Crippen LogP contribution in [0, 0.1) is 0 Å². The summed E-state index contributed by atoms with van der Waals surface area (Å²) in [5, 5.41) is 3.38. The van der Waals surface area contributed by atoms with Gasteiger partial charge in [0.15, 0.2) is 0 Å². The Hall–Kier alpha value is -0.850. The molecule has 154 valence electrons. The van der Waals surface area contributed by atoms with E-state index in [9.17, 15) is 4.79 Å². The van der Waals surface area contributed by atoms with Crippen molar-refractivity contribution in [3.05, 3.63) is 35.4 Å². The van der Waals surface area contributed by atoms with Gasteiger partial charge in [-0.3, -0.25) is 9.69 Å². The summed E-state index contributed by atoms with van der Waals surface area (Å²) < 4.78 is 0. The topological polar surface area (TPSA) is 38.8 Å². The highest BCUT2D eigenvalue weighted by atomic mass is 35.5. The fraction of sp³-hybridized carbons (Fsp3) is 0.650. The summed E-state index contributed by atoms with van der Waals surface area (Å²) >= 11 is 0. The molecule has 0 aliphatic carbocycles. The molecular formula is C20H34Cl2N4O. The molecule has 1 aromatic rings. The number of piperazine rings is 1. The maximum absolute atomic E-state index is 13.1. The maximum atomic E-state index is 13.1. The Morgan fingerprint density at radius 2 is 1.96 bits per heavy atom. The van der Waals surface area contributed by atoms with Crippen LogP contribution in [0.1, 0.15) is 35.7 Å². The Kier molecular flexibility index (Phi) is 10.6. The number of rotatable bonds is 6. The van der Waals surface area contributed by atoms with E-state index in [4.69, 9.17) is 0 Å². The Balaban J connectivity index is 0.00000182. The standard InChI is InChI=1S/C20H32N4O.2ClH/c1-3-9-24(19-7-8-21-15-19)20(25)18-6-4-5-17(14-18)16-23-12-10-22(2)11-13-23;;/h4-6,14,19,21H,3,7-13,15-16H2,1-2H3;2*1H. The zero-order chi connectivity index (χ0) is 17.6. The van der Waals surface area contributed by atoms with Crippen molar-refractivity contribution in [2.24, 2.45) is 0 Å². The molecule has 0 spiro atoms. The van der Waals surface area contributed by atoms with E-state index in [1.807, 2.05) is 12.1 Å². The highest BCUT2D eigenvalue weighted by Gasteiger charge is 2.26. The fourth-order valence-electron chi connectivity index (χ4n) is 3.83. The van der Waals surface area contributed by atoms with Gasteiger partial charge in [0.2, 0.25) is 0 Å². The van der Waals surface area contributed by atoms with E-state index in [1.165, 1.54) is 5.56 Å². The summed E-state index contributed by atoms with van der Waals surface area (Å²) in [5.41, 5.74) is 2.09. The average Bonchev–Trinajstić information content (AvgIpc) is 3.16. The van der Waals surface area contributed by atoms with Gasteiger partial charge in [-0.25, -0.2) is 0 Å². The second-order valence-electron chi connectivity index (χ2n) is 7.42. The van der Waals surface area contributed by atoms with Gasteiger partial charge in [-0.2, -0.15) is 0 Å². The lowest BCUT2D eigenvalue weighted by molar-refractivity contribution is 0.0692. The third-order valence-corrected chi connectivity index (χ3v) is 5.38. The summed E-state index contributed by atoms with van der Waals surface area (Å²) in [4.78, 5) is 20.0. The van der Waals surface area contributed by atoms with Gasteiger partial charge in [0.1, 0.15) is 0 Å². The van der Waals surface area contributed by atoms with Gasteiger partial charge in [0.25, 0.3) is 5.91 Å².